The largest absolute Gasteiger partial charge is 0.477 e. The zero-order valence-corrected chi connectivity index (χ0v) is 10.2. The van der Waals surface area contributed by atoms with Gasteiger partial charge in [0, 0.05) is 18.4 Å². The number of carboxylic acid groups (broad SMARTS) is 1. The zero-order chi connectivity index (χ0) is 13.4. The molecule has 0 aromatic carbocycles. The highest BCUT2D eigenvalue weighted by Crippen LogP contribution is 2.33. The first-order valence-corrected chi connectivity index (χ1v) is 6.11. The van der Waals surface area contributed by atoms with Crippen LogP contribution in [0.5, 0.6) is 0 Å². The quantitative estimate of drug-likeness (QED) is 0.892. The van der Waals surface area contributed by atoms with Crippen molar-refractivity contribution in [3.05, 3.63) is 52.5 Å². The Balaban J connectivity index is 1.87. The zero-order valence-electron chi connectivity index (χ0n) is 10.2. The number of imidazole rings is 1. The lowest BCUT2D eigenvalue weighted by Crippen LogP contribution is -2.24. The number of aromatic nitrogens is 3. The molecule has 2 aromatic heterocycles. The lowest BCUT2D eigenvalue weighted by Gasteiger charge is -2.02. The van der Waals surface area contributed by atoms with E-state index < -0.39 is 5.97 Å². The summed E-state index contributed by atoms with van der Waals surface area (Å²) in [7, 11) is 0. The number of aromatic carboxylic acids is 1. The molecule has 0 radical (unpaired) electrons. The standard InChI is InChI=1S/C13H13N3O3/c17-12(18)11-3-1-2-9(14-11)8-15-6-7-16(13(15)19)10-4-5-10/h1-3,6-7,10H,4-5,8H2,(H,17,18). The van der Waals surface area contributed by atoms with E-state index in [4.69, 9.17) is 5.11 Å². The maximum atomic E-state index is 12.1. The first kappa shape index (κ1) is 11.7. The van der Waals surface area contributed by atoms with Crippen LogP contribution in [-0.4, -0.2) is 25.2 Å². The van der Waals surface area contributed by atoms with Gasteiger partial charge in [-0.1, -0.05) is 6.07 Å². The molecule has 0 bridgehead atoms. The van der Waals surface area contributed by atoms with E-state index in [0.29, 0.717) is 18.3 Å². The fourth-order valence-electron chi connectivity index (χ4n) is 2.04. The number of hydrogen-bond acceptors (Lipinski definition) is 3. The van der Waals surface area contributed by atoms with Gasteiger partial charge in [0.15, 0.2) is 0 Å². The lowest BCUT2D eigenvalue weighted by atomic mass is 10.3. The highest BCUT2D eigenvalue weighted by Gasteiger charge is 2.25. The van der Waals surface area contributed by atoms with Crippen molar-refractivity contribution in [1.82, 2.24) is 14.1 Å². The van der Waals surface area contributed by atoms with E-state index >= 15 is 0 Å². The molecule has 1 aliphatic carbocycles. The molecule has 0 spiro atoms. The number of rotatable bonds is 4. The van der Waals surface area contributed by atoms with Crippen molar-refractivity contribution in [3.63, 3.8) is 0 Å². The monoisotopic (exact) mass is 259 g/mol. The second-order valence-electron chi connectivity index (χ2n) is 4.67. The van der Waals surface area contributed by atoms with E-state index in [2.05, 4.69) is 4.98 Å². The van der Waals surface area contributed by atoms with Gasteiger partial charge < -0.3 is 5.11 Å². The summed E-state index contributed by atoms with van der Waals surface area (Å²) in [4.78, 5) is 26.9. The summed E-state index contributed by atoms with van der Waals surface area (Å²) in [6, 6.07) is 5.12. The van der Waals surface area contributed by atoms with Crippen LogP contribution < -0.4 is 5.69 Å². The average Bonchev–Trinajstić information content (AvgIpc) is 3.17. The van der Waals surface area contributed by atoms with Crippen LogP contribution in [0, 0.1) is 0 Å². The number of carbonyl (C=O) groups is 1. The van der Waals surface area contributed by atoms with Gasteiger partial charge in [-0.2, -0.15) is 0 Å². The van der Waals surface area contributed by atoms with Crippen LogP contribution in [0.3, 0.4) is 0 Å². The molecule has 1 aliphatic rings. The van der Waals surface area contributed by atoms with Crippen molar-refractivity contribution >= 4 is 5.97 Å². The molecule has 2 aromatic rings. The topological polar surface area (TPSA) is 77.1 Å². The highest BCUT2D eigenvalue weighted by atomic mass is 16.4. The number of nitrogens with zero attached hydrogens (tertiary/aromatic N) is 3. The third-order valence-electron chi connectivity index (χ3n) is 3.17. The Hall–Kier alpha value is -2.37. The van der Waals surface area contributed by atoms with Crippen molar-refractivity contribution in [3.8, 4) is 0 Å². The Morgan fingerprint density at radius 2 is 2.16 bits per heavy atom. The number of hydrogen-bond donors (Lipinski definition) is 1. The van der Waals surface area contributed by atoms with Crippen molar-refractivity contribution < 1.29 is 9.90 Å². The molecule has 0 atom stereocenters. The van der Waals surface area contributed by atoms with Crippen LogP contribution in [-0.2, 0) is 6.54 Å². The molecule has 6 nitrogen and oxygen atoms in total. The fourth-order valence-corrected chi connectivity index (χ4v) is 2.04. The van der Waals surface area contributed by atoms with Crippen LogP contribution in [0.1, 0.15) is 35.1 Å². The molecule has 1 fully saturated rings. The Morgan fingerprint density at radius 3 is 2.84 bits per heavy atom. The van der Waals surface area contributed by atoms with Gasteiger partial charge in [0.1, 0.15) is 5.69 Å². The molecule has 0 amide bonds. The van der Waals surface area contributed by atoms with Gasteiger partial charge in [0.2, 0.25) is 0 Å². The van der Waals surface area contributed by atoms with E-state index in [-0.39, 0.29) is 11.4 Å². The van der Waals surface area contributed by atoms with Gasteiger partial charge in [-0.3, -0.25) is 9.13 Å². The predicted octanol–water partition coefficient (Wildman–Crippen LogP) is 1.13. The Morgan fingerprint density at radius 1 is 1.37 bits per heavy atom. The van der Waals surface area contributed by atoms with Gasteiger partial charge in [0.05, 0.1) is 12.2 Å². The highest BCUT2D eigenvalue weighted by molar-refractivity contribution is 5.85. The molecule has 1 saturated carbocycles. The summed E-state index contributed by atoms with van der Waals surface area (Å²) >= 11 is 0. The van der Waals surface area contributed by atoms with Gasteiger partial charge in [-0.15, -0.1) is 0 Å². The maximum Gasteiger partial charge on any atom is 0.354 e. The van der Waals surface area contributed by atoms with Gasteiger partial charge >= 0.3 is 11.7 Å². The normalized spacial score (nSPS) is 14.5. The van der Waals surface area contributed by atoms with Crippen LogP contribution in [0.25, 0.3) is 0 Å². The summed E-state index contributed by atoms with van der Waals surface area (Å²) in [5.41, 5.74) is 0.493. The molecule has 3 rings (SSSR count). The SMILES string of the molecule is O=C(O)c1cccc(Cn2ccn(C3CC3)c2=O)n1. The molecule has 0 unspecified atom stereocenters. The van der Waals surface area contributed by atoms with Crippen molar-refractivity contribution in [2.24, 2.45) is 0 Å². The van der Waals surface area contributed by atoms with Crippen molar-refractivity contribution in [1.29, 1.82) is 0 Å². The molecule has 0 aliphatic heterocycles. The Kier molecular flexibility index (Phi) is 2.70. The Labute approximate surface area is 108 Å². The predicted molar refractivity (Wildman–Crippen MR) is 67.3 cm³/mol. The fraction of sp³-hybridized carbons (Fsp3) is 0.308. The maximum absolute atomic E-state index is 12.1. The second kappa shape index (κ2) is 4.38. The third-order valence-corrected chi connectivity index (χ3v) is 3.17. The van der Waals surface area contributed by atoms with Crippen LogP contribution in [0.4, 0.5) is 0 Å². The van der Waals surface area contributed by atoms with Crippen LogP contribution in [0.15, 0.2) is 35.4 Å². The van der Waals surface area contributed by atoms with Gasteiger partial charge in [-0.05, 0) is 25.0 Å². The molecule has 6 heteroatoms. The molecule has 0 saturated heterocycles. The first-order chi connectivity index (χ1) is 9.15. The summed E-state index contributed by atoms with van der Waals surface area (Å²) in [5.74, 6) is -1.07. The minimum atomic E-state index is -1.07. The second-order valence-corrected chi connectivity index (χ2v) is 4.67. The minimum Gasteiger partial charge on any atom is -0.477 e. The van der Waals surface area contributed by atoms with Crippen LogP contribution >= 0.6 is 0 Å². The molecule has 19 heavy (non-hydrogen) atoms. The van der Waals surface area contributed by atoms with E-state index in [9.17, 15) is 9.59 Å². The van der Waals surface area contributed by atoms with E-state index in [0.717, 1.165) is 12.8 Å². The van der Waals surface area contributed by atoms with E-state index in [1.165, 1.54) is 6.07 Å². The van der Waals surface area contributed by atoms with Gasteiger partial charge in [0.25, 0.3) is 0 Å². The lowest BCUT2D eigenvalue weighted by molar-refractivity contribution is 0.0690. The first-order valence-electron chi connectivity index (χ1n) is 6.11. The molecule has 2 heterocycles. The van der Waals surface area contributed by atoms with Gasteiger partial charge in [-0.25, -0.2) is 14.6 Å². The molecular weight excluding hydrogens is 246 g/mol. The average molecular weight is 259 g/mol. The number of pyridine rings is 1. The number of carboxylic acids is 1. The smallest absolute Gasteiger partial charge is 0.354 e. The third kappa shape index (κ3) is 2.29. The van der Waals surface area contributed by atoms with Crippen LogP contribution in [0.2, 0.25) is 0 Å². The summed E-state index contributed by atoms with van der Waals surface area (Å²) in [6.07, 6.45) is 5.60. The van der Waals surface area contributed by atoms with E-state index in [1.807, 2.05) is 0 Å². The Bertz CT molecular complexity index is 682. The van der Waals surface area contributed by atoms with Crippen molar-refractivity contribution in [2.45, 2.75) is 25.4 Å². The minimum absolute atomic E-state index is 0.00725. The molecule has 98 valence electrons. The van der Waals surface area contributed by atoms with E-state index in [1.54, 1.807) is 33.7 Å². The summed E-state index contributed by atoms with van der Waals surface area (Å²) < 4.78 is 3.27. The summed E-state index contributed by atoms with van der Waals surface area (Å²) in [6.45, 7) is 0.291. The molecule has 1 N–H and O–H groups in total. The van der Waals surface area contributed by atoms with Crippen molar-refractivity contribution in [2.75, 3.05) is 0 Å². The summed E-state index contributed by atoms with van der Waals surface area (Å²) in [5, 5.41) is 8.88. The molecular formula is C13H13N3O3.